The SMILES string of the molecule is C1=NNCC1c1ncnc2[nH]ccc12. The van der Waals surface area contributed by atoms with Crippen molar-refractivity contribution in [3.63, 3.8) is 0 Å². The Morgan fingerprint density at radius 2 is 2.36 bits per heavy atom. The van der Waals surface area contributed by atoms with E-state index in [0.717, 1.165) is 23.3 Å². The molecule has 0 aliphatic carbocycles. The van der Waals surface area contributed by atoms with Crippen molar-refractivity contribution in [3.05, 3.63) is 24.3 Å². The smallest absolute Gasteiger partial charge is 0.140 e. The molecule has 1 aliphatic rings. The molecule has 5 nitrogen and oxygen atoms in total. The molecule has 5 heteroatoms. The van der Waals surface area contributed by atoms with Crippen LogP contribution in [0.1, 0.15) is 11.6 Å². The van der Waals surface area contributed by atoms with Gasteiger partial charge in [-0.3, -0.25) is 0 Å². The lowest BCUT2D eigenvalue weighted by molar-refractivity contribution is 0.754. The lowest BCUT2D eigenvalue weighted by Crippen LogP contribution is -2.10. The predicted octanol–water partition coefficient (Wildman–Crippen LogP) is 0.630. The van der Waals surface area contributed by atoms with Crippen molar-refractivity contribution >= 4 is 17.2 Å². The Balaban J connectivity index is 2.19. The highest BCUT2D eigenvalue weighted by molar-refractivity contribution is 5.83. The third kappa shape index (κ3) is 0.985. The van der Waals surface area contributed by atoms with Gasteiger partial charge >= 0.3 is 0 Å². The highest BCUT2D eigenvalue weighted by Crippen LogP contribution is 2.21. The first kappa shape index (κ1) is 7.49. The summed E-state index contributed by atoms with van der Waals surface area (Å²) in [6.45, 7) is 0.817. The first-order chi connectivity index (χ1) is 6.95. The van der Waals surface area contributed by atoms with Crippen molar-refractivity contribution in [2.75, 3.05) is 6.54 Å². The van der Waals surface area contributed by atoms with Gasteiger partial charge in [0.25, 0.3) is 0 Å². The molecular weight excluding hydrogens is 178 g/mol. The van der Waals surface area contributed by atoms with Crippen LogP contribution in [0.3, 0.4) is 0 Å². The van der Waals surface area contributed by atoms with Gasteiger partial charge in [-0.1, -0.05) is 0 Å². The second kappa shape index (κ2) is 2.80. The molecule has 0 fully saturated rings. The van der Waals surface area contributed by atoms with E-state index in [4.69, 9.17) is 0 Å². The zero-order valence-electron chi connectivity index (χ0n) is 7.44. The van der Waals surface area contributed by atoms with Crippen LogP contribution in [0.25, 0.3) is 11.0 Å². The van der Waals surface area contributed by atoms with Gasteiger partial charge < -0.3 is 10.4 Å². The largest absolute Gasteiger partial charge is 0.346 e. The number of aromatic nitrogens is 3. The molecule has 14 heavy (non-hydrogen) atoms. The van der Waals surface area contributed by atoms with Gasteiger partial charge in [0.1, 0.15) is 12.0 Å². The molecule has 1 aliphatic heterocycles. The van der Waals surface area contributed by atoms with Gasteiger partial charge in [-0.05, 0) is 6.07 Å². The van der Waals surface area contributed by atoms with Gasteiger partial charge in [0.2, 0.25) is 0 Å². The molecule has 2 aromatic rings. The number of hydrogen-bond donors (Lipinski definition) is 2. The average Bonchev–Trinajstić information content (AvgIpc) is 2.88. The van der Waals surface area contributed by atoms with Crippen molar-refractivity contribution < 1.29 is 0 Å². The molecule has 0 saturated heterocycles. The minimum atomic E-state index is 0.260. The van der Waals surface area contributed by atoms with Gasteiger partial charge in [0.15, 0.2) is 0 Å². The zero-order valence-corrected chi connectivity index (χ0v) is 7.44. The monoisotopic (exact) mass is 187 g/mol. The zero-order chi connectivity index (χ0) is 9.38. The van der Waals surface area contributed by atoms with Gasteiger partial charge in [0.05, 0.1) is 11.6 Å². The molecule has 0 spiro atoms. The van der Waals surface area contributed by atoms with Crippen LogP contribution in [-0.4, -0.2) is 27.7 Å². The average molecular weight is 187 g/mol. The molecule has 1 unspecified atom stereocenters. The first-order valence-corrected chi connectivity index (χ1v) is 4.49. The minimum absolute atomic E-state index is 0.260. The minimum Gasteiger partial charge on any atom is -0.346 e. The molecule has 70 valence electrons. The van der Waals surface area contributed by atoms with Crippen LogP contribution in [0.2, 0.25) is 0 Å². The summed E-state index contributed by atoms with van der Waals surface area (Å²) in [6, 6.07) is 2.00. The van der Waals surface area contributed by atoms with Gasteiger partial charge in [0, 0.05) is 24.3 Å². The lowest BCUT2D eigenvalue weighted by atomic mass is 10.1. The number of fused-ring (bicyclic) bond motifs is 1. The molecule has 1 atom stereocenters. The summed E-state index contributed by atoms with van der Waals surface area (Å²) in [7, 11) is 0. The topological polar surface area (TPSA) is 66.0 Å². The van der Waals surface area contributed by atoms with Crippen LogP contribution in [0.15, 0.2) is 23.7 Å². The van der Waals surface area contributed by atoms with Crippen LogP contribution in [0.4, 0.5) is 0 Å². The van der Waals surface area contributed by atoms with Gasteiger partial charge in [-0.15, -0.1) is 0 Å². The molecule has 0 saturated carbocycles. The fourth-order valence-electron chi connectivity index (χ4n) is 1.70. The van der Waals surface area contributed by atoms with Crippen LogP contribution in [-0.2, 0) is 0 Å². The van der Waals surface area contributed by atoms with Gasteiger partial charge in [-0.2, -0.15) is 5.10 Å². The lowest BCUT2D eigenvalue weighted by Gasteiger charge is -2.05. The van der Waals surface area contributed by atoms with E-state index < -0.39 is 0 Å². The highest BCUT2D eigenvalue weighted by atomic mass is 15.3. The van der Waals surface area contributed by atoms with E-state index in [1.807, 2.05) is 18.5 Å². The van der Waals surface area contributed by atoms with E-state index in [1.165, 1.54) is 0 Å². The third-order valence-electron chi connectivity index (χ3n) is 2.39. The van der Waals surface area contributed by atoms with Crippen molar-refractivity contribution in [1.82, 2.24) is 20.4 Å². The highest BCUT2D eigenvalue weighted by Gasteiger charge is 2.17. The molecule has 0 radical (unpaired) electrons. The standard InChI is InChI=1S/C9H9N5/c1-2-10-9-7(1)8(11-5-12-9)6-3-13-14-4-6/h1-3,5-6,14H,4H2,(H,10,11,12). The molecule has 2 aromatic heterocycles. The van der Waals surface area contributed by atoms with Crippen molar-refractivity contribution in [2.45, 2.75) is 5.92 Å². The number of rotatable bonds is 1. The number of nitrogens with zero attached hydrogens (tertiary/aromatic N) is 3. The summed E-state index contributed by atoms with van der Waals surface area (Å²) < 4.78 is 0. The first-order valence-electron chi connectivity index (χ1n) is 4.49. The quantitative estimate of drug-likeness (QED) is 0.688. The fraction of sp³-hybridized carbons (Fsp3) is 0.222. The summed E-state index contributed by atoms with van der Waals surface area (Å²) >= 11 is 0. The second-order valence-electron chi connectivity index (χ2n) is 3.25. The van der Waals surface area contributed by atoms with E-state index in [9.17, 15) is 0 Å². The van der Waals surface area contributed by atoms with Crippen LogP contribution >= 0.6 is 0 Å². The summed E-state index contributed by atoms with van der Waals surface area (Å²) in [5.74, 6) is 0.260. The van der Waals surface area contributed by atoms with E-state index in [-0.39, 0.29) is 5.92 Å². The third-order valence-corrected chi connectivity index (χ3v) is 2.39. The maximum Gasteiger partial charge on any atom is 0.140 e. The Morgan fingerprint density at radius 1 is 1.36 bits per heavy atom. The van der Waals surface area contributed by atoms with Crippen molar-refractivity contribution in [3.8, 4) is 0 Å². The number of aromatic amines is 1. The van der Waals surface area contributed by atoms with Crippen LogP contribution in [0, 0.1) is 0 Å². The maximum atomic E-state index is 4.30. The molecule has 2 N–H and O–H groups in total. The molecule has 0 bridgehead atoms. The summed E-state index contributed by atoms with van der Waals surface area (Å²) in [5, 5.41) is 5.06. The summed E-state index contributed by atoms with van der Waals surface area (Å²) in [5.41, 5.74) is 4.84. The van der Waals surface area contributed by atoms with Crippen molar-refractivity contribution in [2.24, 2.45) is 5.10 Å². The molecule has 0 aromatic carbocycles. The fourth-order valence-corrected chi connectivity index (χ4v) is 1.70. The molecule has 3 heterocycles. The van der Waals surface area contributed by atoms with E-state index in [0.29, 0.717) is 0 Å². The Bertz CT molecular complexity index is 487. The molecule has 0 amide bonds. The summed E-state index contributed by atoms with van der Waals surface area (Å²) in [4.78, 5) is 11.5. The number of hydrogen-bond acceptors (Lipinski definition) is 4. The van der Waals surface area contributed by atoms with Crippen LogP contribution in [0.5, 0.6) is 0 Å². The number of nitrogens with one attached hydrogen (secondary N) is 2. The number of H-pyrrole nitrogens is 1. The maximum absolute atomic E-state index is 4.30. The van der Waals surface area contributed by atoms with E-state index in [1.54, 1.807) is 6.33 Å². The van der Waals surface area contributed by atoms with Crippen LogP contribution < -0.4 is 5.43 Å². The normalized spacial score (nSPS) is 20.1. The summed E-state index contributed by atoms with van der Waals surface area (Å²) in [6.07, 6.45) is 5.34. The Morgan fingerprint density at radius 3 is 3.21 bits per heavy atom. The number of hydrazone groups is 1. The second-order valence-corrected chi connectivity index (χ2v) is 3.25. The molecule has 3 rings (SSSR count). The van der Waals surface area contributed by atoms with Gasteiger partial charge in [-0.25, -0.2) is 9.97 Å². The van der Waals surface area contributed by atoms with Crippen molar-refractivity contribution in [1.29, 1.82) is 0 Å². The van der Waals surface area contributed by atoms with E-state index >= 15 is 0 Å². The Kier molecular flexibility index (Phi) is 1.50. The van der Waals surface area contributed by atoms with E-state index in [2.05, 4.69) is 25.5 Å². The Hall–Kier alpha value is -1.91. The predicted molar refractivity (Wildman–Crippen MR) is 53.1 cm³/mol. The molecular formula is C9H9N5. The Labute approximate surface area is 80.3 Å².